The number of rotatable bonds is 4. The van der Waals surface area contributed by atoms with Crippen molar-refractivity contribution in [1.82, 2.24) is 14.9 Å². The summed E-state index contributed by atoms with van der Waals surface area (Å²) < 4.78 is 20.6. The van der Waals surface area contributed by atoms with Crippen LogP contribution in [0.5, 0.6) is 0 Å². The standard InChI is InChI=1S/C25H28FN3O2/c26-22-6-2-1-5-21(22)25(10-3-4-11-25)24(30)29-13-14-31-17-18(16-29)15-20-8-7-19-9-12-27-23(19)28-20/h1-2,5-9,12,18H,3-4,10-11,13-17H2,(H,27,28)/t18-/m0/s1. The van der Waals surface area contributed by atoms with E-state index in [0.29, 0.717) is 44.7 Å². The summed E-state index contributed by atoms with van der Waals surface area (Å²) in [5, 5.41) is 1.09. The van der Waals surface area contributed by atoms with Crippen LogP contribution in [0, 0.1) is 11.7 Å². The molecule has 0 bridgehead atoms. The molecule has 6 heteroatoms. The zero-order chi connectivity index (χ0) is 21.3. The number of aromatic nitrogens is 2. The number of fused-ring (bicyclic) bond motifs is 1. The third kappa shape index (κ3) is 3.85. The van der Waals surface area contributed by atoms with Crippen LogP contribution in [-0.2, 0) is 21.4 Å². The summed E-state index contributed by atoms with van der Waals surface area (Å²) in [6.07, 6.45) is 5.95. The molecule has 5 nitrogen and oxygen atoms in total. The number of hydrogen-bond donors (Lipinski definition) is 1. The van der Waals surface area contributed by atoms with Gasteiger partial charge in [-0.25, -0.2) is 9.37 Å². The molecule has 2 fully saturated rings. The zero-order valence-electron chi connectivity index (χ0n) is 17.6. The third-order valence-electron chi connectivity index (χ3n) is 6.85. The fraction of sp³-hybridized carbons (Fsp3) is 0.440. The highest BCUT2D eigenvalue weighted by molar-refractivity contribution is 5.89. The number of benzene rings is 1. The van der Waals surface area contributed by atoms with Crippen LogP contribution >= 0.6 is 0 Å². The molecular formula is C25H28FN3O2. The molecule has 1 saturated carbocycles. The lowest BCUT2D eigenvalue weighted by molar-refractivity contribution is -0.138. The van der Waals surface area contributed by atoms with Crippen molar-refractivity contribution in [3.63, 3.8) is 0 Å². The van der Waals surface area contributed by atoms with Crippen LogP contribution in [0.15, 0.2) is 48.7 Å². The number of nitrogens with one attached hydrogen (secondary N) is 1. The first-order valence-electron chi connectivity index (χ1n) is 11.2. The fourth-order valence-electron chi connectivity index (χ4n) is 5.30. The first-order chi connectivity index (χ1) is 15.2. The molecule has 0 radical (unpaired) electrons. The van der Waals surface area contributed by atoms with Gasteiger partial charge in [0.2, 0.25) is 5.91 Å². The number of carbonyl (C=O) groups is 1. The van der Waals surface area contributed by atoms with Gasteiger partial charge in [0.1, 0.15) is 11.5 Å². The minimum absolute atomic E-state index is 0.0541. The number of ether oxygens (including phenoxy) is 1. The van der Waals surface area contributed by atoms with E-state index < -0.39 is 5.41 Å². The number of halogens is 1. The monoisotopic (exact) mass is 421 g/mol. The molecule has 2 aliphatic rings. The Balaban J connectivity index is 1.38. The Kier molecular flexibility index (Phi) is 5.48. The fourth-order valence-corrected chi connectivity index (χ4v) is 5.30. The van der Waals surface area contributed by atoms with Crippen molar-refractivity contribution in [2.24, 2.45) is 5.92 Å². The van der Waals surface area contributed by atoms with Crippen molar-refractivity contribution in [3.8, 4) is 0 Å². The molecule has 3 aromatic rings. The first-order valence-corrected chi connectivity index (χ1v) is 11.2. The van der Waals surface area contributed by atoms with Crippen LogP contribution in [0.2, 0.25) is 0 Å². The summed E-state index contributed by atoms with van der Waals surface area (Å²) in [5.74, 6) is -0.0624. The average molecular weight is 422 g/mol. The predicted octanol–water partition coefficient (Wildman–Crippen LogP) is 4.23. The van der Waals surface area contributed by atoms with Gasteiger partial charge in [-0.05, 0) is 43.5 Å². The SMILES string of the molecule is O=C(N1CCOC[C@@H](Cc2ccc3cc[nH]c3n2)C1)C1(c2ccccc2F)CCCC1. The Morgan fingerprint density at radius 3 is 2.87 bits per heavy atom. The highest BCUT2D eigenvalue weighted by Crippen LogP contribution is 2.44. The molecule has 0 spiro atoms. The molecule has 3 heterocycles. The molecule has 1 aromatic carbocycles. The average Bonchev–Trinajstić information content (AvgIpc) is 3.40. The Morgan fingerprint density at radius 2 is 2.03 bits per heavy atom. The Bertz CT molecular complexity index is 1070. The van der Waals surface area contributed by atoms with Crippen LogP contribution in [0.4, 0.5) is 4.39 Å². The molecule has 0 unspecified atom stereocenters. The minimum atomic E-state index is -0.748. The minimum Gasteiger partial charge on any atom is -0.379 e. The lowest BCUT2D eigenvalue weighted by atomic mass is 9.77. The summed E-state index contributed by atoms with van der Waals surface area (Å²) in [6, 6.07) is 12.9. The number of carbonyl (C=O) groups excluding carboxylic acids is 1. The summed E-state index contributed by atoms with van der Waals surface area (Å²) >= 11 is 0. The molecule has 1 N–H and O–H groups in total. The van der Waals surface area contributed by atoms with Gasteiger partial charge in [0.15, 0.2) is 0 Å². The van der Waals surface area contributed by atoms with Gasteiger partial charge in [0.05, 0.1) is 18.6 Å². The second-order valence-corrected chi connectivity index (χ2v) is 8.88. The van der Waals surface area contributed by atoms with Crippen LogP contribution < -0.4 is 0 Å². The lowest BCUT2D eigenvalue weighted by Gasteiger charge is -2.35. The first kappa shape index (κ1) is 20.2. The number of aromatic amines is 1. The Hall–Kier alpha value is -2.73. The third-order valence-corrected chi connectivity index (χ3v) is 6.85. The van der Waals surface area contributed by atoms with E-state index in [1.54, 1.807) is 12.1 Å². The van der Waals surface area contributed by atoms with E-state index in [4.69, 9.17) is 9.72 Å². The predicted molar refractivity (Wildman–Crippen MR) is 117 cm³/mol. The topological polar surface area (TPSA) is 58.2 Å². The van der Waals surface area contributed by atoms with Crippen molar-refractivity contribution in [1.29, 1.82) is 0 Å². The van der Waals surface area contributed by atoms with E-state index >= 15 is 0 Å². The largest absolute Gasteiger partial charge is 0.379 e. The number of pyridine rings is 1. The van der Waals surface area contributed by atoms with Crippen LogP contribution in [0.25, 0.3) is 11.0 Å². The van der Waals surface area contributed by atoms with Crippen molar-refractivity contribution in [2.75, 3.05) is 26.3 Å². The number of nitrogens with zero attached hydrogens (tertiary/aromatic N) is 2. The van der Waals surface area contributed by atoms with Gasteiger partial charge in [-0.3, -0.25) is 4.79 Å². The summed E-state index contributed by atoms with van der Waals surface area (Å²) in [4.78, 5) is 23.6. The van der Waals surface area contributed by atoms with Crippen LogP contribution in [0.1, 0.15) is 36.9 Å². The van der Waals surface area contributed by atoms with E-state index in [1.165, 1.54) is 6.07 Å². The maximum Gasteiger partial charge on any atom is 0.233 e. The van der Waals surface area contributed by atoms with E-state index in [-0.39, 0.29) is 17.6 Å². The van der Waals surface area contributed by atoms with E-state index in [9.17, 15) is 9.18 Å². The molecule has 1 aliphatic carbocycles. The van der Waals surface area contributed by atoms with Gasteiger partial charge >= 0.3 is 0 Å². The van der Waals surface area contributed by atoms with Gasteiger partial charge in [0.25, 0.3) is 0 Å². The summed E-state index contributed by atoms with van der Waals surface area (Å²) in [7, 11) is 0. The quantitative estimate of drug-likeness (QED) is 0.686. The normalized spacial score (nSPS) is 21.3. The Morgan fingerprint density at radius 1 is 1.19 bits per heavy atom. The van der Waals surface area contributed by atoms with Crippen molar-refractivity contribution >= 4 is 16.9 Å². The molecule has 162 valence electrons. The van der Waals surface area contributed by atoms with Crippen molar-refractivity contribution in [3.05, 3.63) is 65.7 Å². The molecule has 5 rings (SSSR count). The number of H-pyrrole nitrogens is 1. The maximum atomic E-state index is 14.8. The molecular weight excluding hydrogens is 393 g/mol. The highest BCUT2D eigenvalue weighted by atomic mass is 19.1. The van der Waals surface area contributed by atoms with Crippen molar-refractivity contribution in [2.45, 2.75) is 37.5 Å². The Labute approximate surface area is 181 Å². The van der Waals surface area contributed by atoms with Crippen LogP contribution in [-0.4, -0.2) is 47.1 Å². The summed E-state index contributed by atoms with van der Waals surface area (Å²) in [5.41, 5.74) is 1.67. The van der Waals surface area contributed by atoms with Gasteiger partial charge in [0, 0.05) is 41.8 Å². The lowest BCUT2D eigenvalue weighted by Crippen LogP contribution is -2.48. The van der Waals surface area contributed by atoms with Crippen molar-refractivity contribution < 1.29 is 13.9 Å². The van der Waals surface area contributed by atoms with Gasteiger partial charge in [-0.15, -0.1) is 0 Å². The van der Waals surface area contributed by atoms with Gasteiger partial charge in [-0.2, -0.15) is 0 Å². The molecule has 1 amide bonds. The maximum absolute atomic E-state index is 14.8. The molecule has 31 heavy (non-hydrogen) atoms. The second kappa shape index (κ2) is 8.42. The molecule has 1 saturated heterocycles. The smallest absolute Gasteiger partial charge is 0.233 e. The molecule has 1 aliphatic heterocycles. The molecule has 1 atom stereocenters. The zero-order valence-corrected chi connectivity index (χ0v) is 17.6. The van der Waals surface area contributed by atoms with Crippen LogP contribution in [0.3, 0.4) is 0 Å². The summed E-state index contributed by atoms with van der Waals surface area (Å²) in [6.45, 7) is 2.27. The number of hydrogen-bond acceptors (Lipinski definition) is 3. The second-order valence-electron chi connectivity index (χ2n) is 8.88. The van der Waals surface area contributed by atoms with Gasteiger partial charge < -0.3 is 14.6 Å². The van der Waals surface area contributed by atoms with E-state index in [2.05, 4.69) is 11.1 Å². The number of amides is 1. The van der Waals surface area contributed by atoms with E-state index in [1.807, 2.05) is 29.3 Å². The van der Waals surface area contributed by atoms with Gasteiger partial charge in [-0.1, -0.05) is 31.0 Å². The van der Waals surface area contributed by atoms with E-state index in [0.717, 1.165) is 36.0 Å². The molecule has 2 aromatic heterocycles. The highest BCUT2D eigenvalue weighted by Gasteiger charge is 2.46.